The van der Waals surface area contributed by atoms with E-state index >= 15 is 0 Å². The predicted octanol–water partition coefficient (Wildman–Crippen LogP) is 2.56. The SMILES string of the molecule is CCCC1(CNCC2(C)CCOCC2)CCNCC1. The molecule has 2 saturated heterocycles. The molecule has 3 nitrogen and oxygen atoms in total. The standard InChI is InChI=1S/C16H32N2O/c1-3-4-16(5-9-17-10-6-16)14-18-13-15(2)7-11-19-12-8-15/h17-18H,3-14H2,1-2H3. The van der Waals surface area contributed by atoms with E-state index in [1.54, 1.807) is 0 Å². The van der Waals surface area contributed by atoms with Crippen molar-refractivity contribution in [2.45, 2.75) is 52.4 Å². The third kappa shape index (κ3) is 4.44. The van der Waals surface area contributed by atoms with Crippen molar-refractivity contribution in [1.29, 1.82) is 0 Å². The van der Waals surface area contributed by atoms with Crippen LogP contribution < -0.4 is 10.6 Å². The maximum Gasteiger partial charge on any atom is 0.0471 e. The van der Waals surface area contributed by atoms with E-state index in [9.17, 15) is 0 Å². The Kier molecular flexibility index (Phi) is 5.67. The summed E-state index contributed by atoms with van der Waals surface area (Å²) in [7, 11) is 0. The van der Waals surface area contributed by atoms with Crippen molar-refractivity contribution >= 4 is 0 Å². The topological polar surface area (TPSA) is 33.3 Å². The van der Waals surface area contributed by atoms with Crippen LogP contribution in [-0.2, 0) is 4.74 Å². The molecule has 0 spiro atoms. The number of ether oxygens (including phenoxy) is 1. The summed E-state index contributed by atoms with van der Waals surface area (Å²) < 4.78 is 5.48. The molecular weight excluding hydrogens is 236 g/mol. The molecule has 0 aliphatic carbocycles. The van der Waals surface area contributed by atoms with Gasteiger partial charge in [-0.05, 0) is 56.0 Å². The monoisotopic (exact) mass is 268 g/mol. The van der Waals surface area contributed by atoms with Gasteiger partial charge in [-0.1, -0.05) is 20.3 Å². The molecule has 0 unspecified atom stereocenters. The van der Waals surface area contributed by atoms with Crippen molar-refractivity contribution in [1.82, 2.24) is 10.6 Å². The molecule has 0 saturated carbocycles. The van der Waals surface area contributed by atoms with E-state index in [0.29, 0.717) is 10.8 Å². The average molecular weight is 268 g/mol. The predicted molar refractivity (Wildman–Crippen MR) is 80.5 cm³/mol. The highest BCUT2D eigenvalue weighted by atomic mass is 16.5. The number of rotatable bonds is 6. The first-order valence-electron chi connectivity index (χ1n) is 8.17. The fourth-order valence-corrected chi connectivity index (χ4v) is 3.67. The molecule has 2 fully saturated rings. The molecule has 0 radical (unpaired) electrons. The van der Waals surface area contributed by atoms with Crippen LogP contribution in [0.4, 0.5) is 0 Å². The normalized spacial score (nSPS) is 26.2. The van der Waals surface area contributed by atoms with Gasteiger partial charge < -0.3 is 15.4 Å². The quantitative estimate of drug-likeness (QED) is 0.777. The van der Waals surface area contributed by atoms with Crippen molar-refractivity contribution in [3.63, 3.8) is 0 Å². The van der Waals surface area contributed by atoms with Crippen LogP contribution in [-0.4, -0.2) is 39.4 Å². The Bertz CT molecular complexity index is 250. The van der Waals surface area contributed by atoms with Crippen molar-refractivity contribution < 1.29 is 4.74 Å². The van der Waals surface area contributed by atoms with E-state index < -0.39 is 0 Å². The van der Waals surface area contributed by atoms with E-state index in [2.05, 4.69) is 24.5 Å². The Morgan fingerprint density at radius 3 is 2.37 bits per heavy atom. The molecule has 2 heterocycles. The molecule has 0 bridgehead atoms. The zero-order valence-corrected chi connectivity index (χ0v) is 12.9. The Labute approximate surface area is 118 Å². The van der Waals surface area contributed by atoms with Crippen molar-refractivity contribution in [2.75, 3.05) is 39.4 Å². The van der Waals surface area contributed by atoms with Crippen LogP contribution >= 0.6 is 0 Å². The van der Waals surface area contributed by atoms with Gasteiger partial charge in [0.1, 0.15) is 0 Å². The molecule has 2 aliphatic heterocycles. The van der Waals surface area contributed by atoms with Gasteiger partial charge in [0.15, 0.2) is 0 Å². The molecule has 0 aromatic rings. The van der Waals surface area contributed by atoms with E-state index in [4.69, 9.17) is 4.74 Å². The van der Waals surface area contributed by atoms with Crippen LogP contribution in [0.15, 0.2) is 0 Å². The van der Waals surface area contributed by atoms with Gasteiger partial charge in [-0.25, -0.2) is 0 Å². The third-order valence-electron chi connectivity index (χ3n) is 5.20. The molecule has 2 N–H and O–H groups in total. The number of piperidine rings is 1. The number of nitrogens with one attached hydrogen (secondary N) is 2. The first-order chi connectivity index (χ1) is 9.18. The summed E-state index contributed by atoms with van der Waals surface area (Å²) in [6, 6.07) is 0. The molecule has 0 aromatic carbocycles. The summed E-state index contributed by atoms with van der Waals surface area (Å²) >= 11 is 0. The lowest BCUT2D eigenvalue weighted by atomic mass is 9.75. The van der Waals surface area contributed by atoms with Crippen molar-refractivity contribution in [2.24, 2.45) is 10.8 Å². The Morgan fingerprint density at radius 2 is 1.74 bits per heavy atom. The zero-order chi connectivity index (χ0) is 13.6. The summed E-state index contributed by atoms with van der Waals surface area (Å²) in [5.41, 5.74) is 1.01. The maximum absolute atomic E-state index is 5.48. The molecule has 3 heteroatoms. The van der Waals surface area contributed by atoms with E-state index in [1.165, 1.54) is 58.2 Å². The second-order valence-electron chi connectivity index (χ2n) is 7.03. The Morgan fingerprint density at radius 1 is 1.05 bits per heavy atom. The lowest BCUT2D eigenvalue weighted by molar-refractivity contribution is 0.0220. The van der Waals surface area contributed by atoms with Gasteiger partial charge in [-0.2, -0.15) is 0 Å². The Hall–Kier alpha value is -0.120. The van der Waals surface area contributed by atoms with Gasteiger partial charge in [0, 0.05) is 26.3 Å². The molecule has 2 aliphatic rings. The number of hydrogen-bond donors (Lipinski definition) is 2. The molecule has 2 rings (SSSR count). The first-order valence-corrected chi connectivity index (χ1v) is 8.17. The molecule has 0 amide bonds. The maximum atomic E-state index is 5.48. The van der Waals surface area contributed by atoms with Crippen molar-refractivity contribution in [3.05, 3.63) is 0 Å². The second kappa shape index (κ2) is 7.05. The minimum absolute atomic E-state index is 0.457. The highest BCUT2D eigenvalue weighted by Crippen LogP contribution is 2.34. The number of hydrogen-bond acceptors (Lipinski definition) is 3. The van der Waals surface area contributed by atoms with Gasteiger partial charge in [0.2, 0.25) is 0 Å². The van der Waals surface area contributed by atoms with Gasteiger partial charge in [0.25, 0.3) is 0 Å². The van der Waals surface area contributed by atoms with Crippen molar-refractivity contribution in [3.8, 4) is 0 Å². The molecule has 0 aromatic heterocycles. The van der Waals surface area contributed by atoms with E-state index in [-0.39, 0.29) is 0 Å². The van der Waals surface area contributed by atoms with Crippen LogP contribution in [0.3, 0.4) is 0 Å². The van der Waals surface area contributed by atoms with Crippen LogP contribution in [0, 0.1) is 10.8 Å². The fourth-order valence-electron chi connectivity index (χ4n) is 3.67. The average Bonchev–Trinajstić information content (AvgIpc) is 2.40. The van der Waals surface area contributed by atoms with Crippen LogP contribution in [0.5, 0.6) is 0 Å². The summed E-state index contributed by atoms with van der Waals surface area (Å²) in [6.07, 6.45) is 7.79. The van der Waals surface area contributed by atoms with Gasteiger partial charge >= 0.3 is 0 Å². The minimum Gasteiger partial charge on any atom is -0.381 e. The third-order valence-corrected chi connectivity index (χ3v) is 5.20. The molecule has 112 valence electrons. The summed E-state index contributed by atoms with van der Waals surface area (Å²) in [5, 5.41) is 7.31. The Balaban J connectivity index is 1.78. The smallest absolute Gasteiger partial charge is 0.0471 e. The van der Waals surface area contributed by atoms with Crippen LogP contribution in [0.1, 0.15) is 52.4 Å². The van der Waals surface area contributed by atoms with E-state index in [0.717, 1.165) is 19.8 Å². The highest BCUT2D eigenvalue weighted by molar-refractivity contribution is 4.88. The summed E-state index contributed by atoms with van der Waals surface area (Å²) in [5.74, 6) is 0. The van der Waals surface area contributed by atoms with Crippen LogP contribution in [0.2, 0.25) is 0 Å². The molecule has 0 atom stereocenters. The fraction of sp³-hybridized carbons (Fsp3) is 1.00. The lowest BCUT2D eigenvalue weighted by Gasteiger charge is -2.40. The minimum atomic E-state index is 0.457. The highest BCUT2D eigenvalue weighted by Gasteiger charge is 2.32. The lowest BCUT2D eigenvalue weighted by Crippen LogP contribution is -2.46. The van der Waals surface area contributed by atoms with E-state index in [1.807, 2.05) is 0 Å². The van der Waals surface area contributed by atoms with Gasteiger partial charge in [-0.15, -0.1) is 0 Å². The summed E-state index contributed by atoms with van der Waals surface area (Å²) in [4.78, 5) is 0. The molecular formula is C16H32N2O. The zero-order valence-electron chi connectivity index (χ0n) is 12.9. The first kappa shape index (κ1) is 15.3. The second-order valence-corrected chi connectivity index (χ2v) is 7.03. The molecule has 19 heavy (non-hydrogen) atoms. The largest absolute Gasteiger partial charge is 0.381 e. The van der Waals surface area contributed by atoms with Gasteiger partial charge in [-0.3, -0.25) is 0 Å². The van der Waals surface area contributed by atoms with Crippen LogP contribution in [0.25, 0.3) is 0 Å². The van der Waals surface area contributed by atoms with Gasteiger partial charge in [0.05, 0.1) is 0 Å². The summed E-state index contributed by atoms with van der Waals surface area (Å²) in [6.45, 7) is 11.4.